The number of nitriles is 1. The molecule has 1 aliphatic heterocycles. The Hall–Kier alpha value is -2.69. The van der Waals surface area contributed by atoms with Crippen LogP contribution in [0.2, 0.25) is 0 Å². The maximum absolute atomic E-state index is 10.6. The average molecular weight is 315 g/mol. The Kier molecular flexibility index (Phi) is 3.43. The molecule has 0 aromatic carbocycles. The van der Waals surface area contributed by atoms with Crippen LogP contribution in [0, 0.1) is 23.7 Å². The Labute approximate surface area is 130 Å². The van der Waals surface area contributed by atoms with Crippen molar-refractivity contribution in [3.05, 3.63) is 18.1 Å². The minimum atomic E-state index is -2.11. The number of rotatable bonds is 2. The molecule has 1 fully saturated rings. The van der Waals surface area contributed by atoms with E-state index in [2.05, 4.69) is 15.9 Å². The Morgan fingerprint density at radius 3 is 2.87 bits per heavy atom. The highest BCUT2D eigenvalue weighted by Gasteiger charge is 2.55. The molecule has 9 nitrogen and oxygen atoms in total. The molecule has 3 heterocycles. The van der Waals surface area contributed by atoms with Gasteiger partial charge in [0.1, 0.15) is 36.1 Å². The lowest BCUT2D eigenvalue weighted by atomic mass is 9.95. The number of nitrogen functional groups attached to an aromatic ring is 1. The van der Waals surface area contributed by atoms with Crippen LogP contribution in [0.25, 0.3) is 11.0 Å². The molecule has 0 bridgehead atoms. The van der Waals surface area contributed by atoms with Crippen LogP contribution in [0.15, 0.2) is 12.5 Å². The van der Waals surface area contributed by atoms with Crippen molar-refractivity contribution in [3.63, 3.8) is 0 Å². The first-order chi connectivity index (χ1) is 11.0. The summed E-state index contributed by atoms with van der Waals surface area (Å²) in [5, 5.41) is 39.5. The first-order valence-electron chi connectivity index (χ1n) is 6.63. The second kappa shape index (κ2) is 5.19. The van der Waals surface area contributed by atoms with Crippen molar-refractivity contribution in [3.8, 4) is 18.4 Å². The topological polar surface area (TPSA) is 150 Å². The molecular formula is C14H13N5O4. The Bertz CT molecular complexity index is 851. The van der Waals surface area contributed by atoms with Gasteiger partial charge in [0, 0.05) is 6.20 Å². The Morgan fingerprint density at radius 2 is 2.26 bits per heavy atom. The number of aliphatic hydroxyl groups excluding tert-OH is 2. The van der Waals surface area contributed by atoms with E-state index in [-0.39, 0.29) is 17.0 Å². The molecule has 5 N–H and O–H groups in total. The molecule has 1 saturated heterocycles. The Balaban J connectivity index is 2.24. The minimum absolute atomic E-state index is 0.0896. The third kappa shape index (κ3) is 1.96. The monoisotopic (exact) mass is 315 g/mol. The van der Waals surface area contributed by atoms with E-state index < -0.39 is 30.6 Å². The number of hydrogen-bond donors (Lipinski definition) is 4. The van der Waals surface area contributed by atoms with Crippen molar-refractivity contribution in [1.82, 2.24) is 14.5 Å². The molecule has 23 heavy (non-hydrogen) atoms. The van der Waals surface area contributed by atoms with Crippen molar-refractivity contribution in [1.29, 1.82) is 5.26 Å². The number of terminal acetylenes is 1. The van der Waals surface area contributed by atoms with E-state index in [1.54, 1.807) is 0 Å². The van der Waals surface area contributed by atoms with E-state index in [1.807, 2.05) is 6.07 Å². The number of aromatic nitrogens is 3. The third-order valence-corrected chi connectivity index (χ3v) is 3.91. The molecule has 0 radical (unpaired) electrons. The van der Waals surface area contributed by atoms with Gasteiger partial charge in [-0.2, -0.15) is 5.26 Å². The zero-order chi connectivity index (χ0) is 16.8. The lowest BCUT2D eigenvalue weighted by Gasteiger charge is -2.26. The van der Waals surface area contributed by atoms with Crippen molar-refractivity contribution in [2.45, 2.75) is 24.0 Å². The average Bonchev–Trinajstić information content (AvgIpc) is 3.05. The smallest absolute Gasteiger partial charge is 0.199 e. The van der Waals surface area contributed by atoms with Gasteiger partial charge in [-0.05, 0) is 0 Å². The summed E-state index contributed by atoms with van der Waals surface area (Å²) < 4.78 is 6.79. The summed E-state index contributed by atoms with van der Waals surface area (Å²) in [5.41, 5.74) is 4.06. The summed E-state index contributed by atoms with van der Waals surface area (Å²) in [6, 6.07) is 1.95. The van der Waals surface area contributed by atoms with Crippen molar-refractivity contribution < 1.29 is 20.1 Å². The maximum atomic E-state index is 10.6. The molecule has 1 aliphatic rings. The highest BCUT2D eigenvalue weighted by molar-refractivity contribution is 5.92. The van der Waals surface area contributed by atoms with E-state index in [0.29, 0.717) is 5.39 Å². The van der Waals surface area contributed by atoms with Crippen molar-refractivity contribution in [2.75, 3.05) is 12.3 Å². The van der Waals surface area contributed by atoms with Gasteiger partial charge >= 0.3 is 0 Å². The molecule has 0 aliphatic carbocycles. The van der Waals surface area contributed by atoms with Gasteiger partial charge in [-0.15, -0.1) is 6.42 Å². The number of fused-ring (bicyclic) bond motifs is 1. The quantitative estimate of drug-likeness (QED) is 0.489. The third-order valence-electron chi connectivity index (χ3n) is 3.91. The molecule has 0 saturated carbocycles. The van der Waals surface area contributed by atoms with E-state index >= 15 is 0 Å². The van der Waals surface area contributed by atoms with Crippen LogP contribution in [0.4, 0.5) is 5.82 Å². The predicted octanol–water partition coefficient (Wildman–Crippen LogP) is -1.50. The van der Waals surface area contributed by atoms with Crippen LogP contribution in [0.3, 0.4) is 0 Å². The molecule has 9 heteroatoms. The Morgan fingerprint density at radius 1 is 1.52 bits per heavy atom. The van der Waals surface area contributed by atoms with Crippen LogP contribution in [-0.4, -0.2) is 54.3 Å². The molecule has 2 aromatic heterocycles. The summed E-state index contributed by atoms with van der Waals surface area (Å²) in [6.07, 6.45) is 4.07. The van der Waals surface area contributed by atoms with Gasteiger partial charge in [0.05, 0.1) is 17.6 Å². The summed E-state index contributed by atoms with van der Waals surface area (Å²) >= 11 is 0. The van der Waals surface area contributed by atoms with Gasteiger partial charge in [0.2, 0.25) is 0 Å². The van der Waals surface area contributed by atoms with Crippen molar-refractivity contribution >= 4 is 16.9 Å². The first kappa shape index (κ1) is 15.2. The zero-order valence-electron chi connectivity index (χ0n) is 11.8. The molecule has 0 unspecified atom stereocenters. The SMILES string of the molecule is C#C[C@@]1(O)[C@H](O)[C@@H](CO)O[C@H]1n1cc(C#N)c2c(N)ncnc21. The molecule has 2 aromatic rings. The van der Waals surface area contributed by atoms with Crippen LogP contribution in [0.1, 0.15) is 11.8 Å². The number of nitrogens with zero attached hydrogens (tertiary/aromatic N) is 4. The van der Waals surface area contributed by atoms with Gasteiger partial charge in [-0.3, -0.25) is 0 Å². The fraction of sp³-hybridized carbons (Fsp3) is 0.357. The van der Waals surface area contributed by atoms with Gasteiger partial charge < -0.3 is 30.4 Å². The van der Waals surface area contributed by atoms with Crippen LogP contribution in [-0.2, 0) is 4.74 Å². The predicted molar refractivity (Wildman–Crippen MR) is 77.4 cm³/mol. The van der Waals surface area contributed by atoms with E-state index in [4.69, 9.17) is 16.9 Å². The number of anilines is 1. The van der Waals surface area contributed by atoms with E-state index in [1.165, 1.54) is 17.1 Å². The molecule has 0 spiro atoms. The second-order valence-electron chi connectivity index (χ2n) is 5.14. The number of ether oxygens (including phenoxy) is 1. The normalized spacial score (nSPS) is 30.2. The van der Waals surface area contributed by atoms with Gasteiger partial charge in [0.25, 0.3) is 0 Å². The molecule has 3 rings (SSSR count). The number of nitrogens with two attached hydrogens (primary N) is 1. The number of aliphatic hydroxyl groups is 3. The standard InChI is InChI=1S/C14H13N5O4/c1-2-14(22)10(21)8(5-20)23-13(14)19-4-7(3-15)9-11(16)17-6-18-12(9)19/h1,4,6,8,10,13,20-22H,5H2,(H2,16,17,18)/t8-,10-,13-,14-/m1/s1. The lowest BCUT2D eigenvalue weighted by molar-refractivity contribution is -0.0718. The zero-order valence-corrected chi connectivity index (χ0v) is 11.8. The molecule has 118 valence electrons. The van der Waals surface area contributed by atoms with Crippen molar-refractivity contribution in [2.24, 2.45) is 0 Å². The van der Waals surface area contributed by atoms with E-state index in [0.717, 1.165) is 0 Å². The van der Waals surface area contributed by atoms with Gasteiger partial charge in [-0.25, -0.2) is 9.97 Å². The second-order valence-corrected chi connectivity index (χ2v) is 5.14. The van der Waals surface area contributed by atoms with E-state index in [9.17, 15) is 20.6 Å². The fourth-order valence-corrected chi connectivity index (χ4v) is 2.72. The van der Waals surface area contributed by atoms with Gasteiger partial charge in [0.15, 0.2) is 11.8 Å². The highest BCUT2D eigenvalue weighted by atomic mass is 16.6. The summed E-state index contributed by atoms with van der Waals surface area (Å²) in [6.45, 7) is -0.539. The summed E-state index contributed by atoms with van der Waals surface area (Å²) in [4.78, 5) is 7.88. The summed E-state index contributed by atoms with van der Waals surface area (Å²) in [5.74, 6) is 2.19. The highest BCUT2D eigenvalue weighted by Crippen LogP contribution is 2.40. The summed E-state index contributed by atoms with van der Waals surface area (Å²) in [7, 11) is 0. The maximum Gasteiger partial charge on any atom is 0.199 e. The molecular weight excluding hydrogens is 302 g/mol. The molecule has 0 amide bonds. The van der Waals surface area contributed by atoms with Crippen LogP contribution >= 0.6 is 0 Å². The van der Waals surface area contributed by atoms with Gasteiger partial charge in [-0.1, -0.05) is 5.92 Å². The minimum Gasteiger partial charge on any atom is -0.394 e. The largest absolute Gasteiger partial charge is 0.394 e. The van der Waals surface area contributed by atoms with Crippen LogP contribution < -0.4 is 5.73 Å². The fourth-order valence-electron chi connectivity index (χ4n) is 2.72. The number of hydrogen-bond acceptors (Lipinski definition) is 8. The lowest BCUT2D eigenvalue weighted by Crippen LogP contribution is -2.45. The van der Waals surface area contributed by atoms with Crippen LogP contribution in [0.5, 0.6) is 0 Å². The first-order valence-corrected chi connectivity index (χ1v) is 6.63. The molecule has 4 atom stereocenters.